The van der Waals surface area contributed by atoms with E-state index in [0.29, 0.717) is 6.04 Å². The Kier molecular flexibility index (Phi) is 2.68. The Labute approximate surface area is 100 Å². The molecule has 1 atom stereocenters. The van der Waals surface area contributed by atoms with E-state index in [1.165, 1.54) is 12.8 Å². The van der Waals surface area contributed by atoms with Gasteiger partial charge in [-0.25, -0.2) is 4.52 Å². The molecule has 2 aromatic heterocycles. The van der Waals surface area contributed by atoms with Gasteiger partial charge >= 0.3 is 0 Å². The average Bonchev–Trinajstić information content (AvgIpc) is 2.82. The lowest BCUT2D eigenvalue weighted by atomic mass is 10.1. The number of fused-ring (bicyclic) bond motifs is 1. The van der Waals surface area contributed by atoms with Gasteiger partial charge in [0.05, 0.1) is 0 Å². The molecule has 5 heteroatoms. The molecule has 1 fully saturated rings. The Hall–Kier alpha value is -1.62. The van der Waals surface area contributed by atoms with Crippen LogP contribution in [-0.4, -0.2) is 40.8 Å². The van der Waals surface area contributed by atoms with Crippen LogP contribution in [0.5, 0.6) is 0 Å². The van der Waals surface area contributed by atoms with E-state index in [9.17, 15) is 0 Å². The van der Waals surface area contributed by atoms with E-state index < -0.39 is 0 Å². The highest BCUT2D eigenvalue weighted by Crippen LogP contribution is 2.16. The number of nitrogens with zero attached hydrogens (tertiary/aromatic N) is 4. The van der Waals surface area contributed by atoms with Gasteiger partial charge in [-0.05, 0) is 32.0 Å². The first kappa shape index (κ1) is 10.5. The first-order valence-electron chi connectivity index (χ1n) is 6.10. The Morgan fingerprint density at radius 1 is 1.41 bits per heavy atom. The predicted octanol–water partition coefficient (Wildman–Crippen LogP) is 0.917. The summed E-state index contributed by atoms with van der Waals surface area (Å²) in [6, 6.07) is 6.49. The number of hydrogen-bond acceptors (Lipinski definition) is 4. The van der Waals surface area contributed by atoms with Crippen LogP contribution in [0, 0.1) is 0 Å². The lowest BCUT2D eigenvalue weighted by Crippen LogP contribution is -2.44. The van der Waals surface area contributed by atoms with Gasteiger partial charge in [0.1, 0.15) is 0 Å². The second-order valence-electron chi connectivity index (χ2n) is 4.49. The molecule has 1 aliphatic rings. The molecule has 1 N–H and O–H groups in total. The zero-order chi connectivity index (χ0) is 11.7. The van der Waals surface area contributed by atoms with E-state index >= 15 is 0 Å². The van der Waals surface area contributed by atoms with Gasteiger partial charge in [0, 0.05) is 25.3 Å². The molecule has 0 aliphatic carbocycles. The number of likely N-dealkylation sites (N-methyl/N-ethyl adjacent to an activating group) is 1. The molecular weight excluding hydrogens is 214 g/mol. The van der Waals surface area contributed by atoms with Crippen molar-refractivity contribution in [2.45, 2.75) is 18.9 Å². The third-order valence-corrected chi connectivity index (χ3v) is 3.34. The molecule has 90 valence electrons. The van der Waals surface area contributed by atoms with Crippen molar-refractivity contribution in [2.75, 3.05) is 25.0 Å². The normalized spacial score (nSPS) is 21.0. The fourth-order valence-corrected chi connectivity index (χ4v) is 2.35. The second-order valence-corrected chi connectivity index (χ2v) is 4.49. The number of anilines is 1. The van der Waals surface area contributed by atoms with Crippen molar-refractivity contribution in [1.82, 2.24) is 19.9 Å². The molecule has 17 heavy (non-hydrogen) atoms. The van der Waals surface area contributed by atoms with E-state index in [1.54, 1.807) is 0 Å². The summed E-state index contributed by atoms with van der Waals surface area (Å²) in [5.41, 5.74) is 0.911. The van der Waals surface area contributed by atoms with Crippen LogP contribution in [0.15, 0.2) is 24.4 Å². The van der Waals surface area contributed by atoms with Gasteiger partial charge < -0.3 is 10.2 Å². The van der Waals surface area contributed by atoms with Gasteiger partial charge in [-0.15, -0.1) is 5.10 Å². The third-order valence-electron chi connectivity index (χ3n) is 3.34. The van der Waals surface area contributed by atoms with Crippen LogP contribution in [0.3, 0.4) is 0 Å². The number of hydrogen-bond donors (Lipinski definition) is 1. The fraction of sp³-hybridized carbons (Fsp3) is 0.500. The molecule has 0 amide bonds. The maximum absolute atomic E-state index is 4.56. The van der Waals surface area contributed by atoms with Gasteiger partial charge in [0.25, 0.3) is 0 Å². The van der Waals surface area contributed by atoms with E-state index in [1.807, 2.05) is 36.0 Å². The van der Waals surface area contributed by atoms with Gasteiger partial charge in [-0.3, -0.25) is 0 Å². The molecule has 0 aromatic carbocycles. The molecule has 2 aromatic rings. The van der Waals surface area contributed by atoms with Crippen LogP contribution in [0.2, 0.25) is 0 Å². The van der Waals surface area contributed by atoms with E-state index in [2.05, 4.69) is 20.3 Å². The molecule has 0 spiro atoms. The number of aromatic nitrogens is 3. The summed E-state index contributed by atoms with van der Waals surface area (Å²) < 4.78 is 1.83. The first-order valence-corrected chi connectivity index (χ1v) is 6.10. The van der Waals surface area contributed by atoms with Crippen molar-refractivity contribution < 1.29 is 0 Å². The average molecular weight is 231 g/mol. The summed E-state index contributed by atoms with van der Waals surface area (Å²) in [6.07, 6.45) is 4.37. The Bertz CT molecular complexity index is 473. The Morgan fingerprint density at radius 2 is 2.35 bits per heavy atom. The smallest absolute Gasteiger partial charge is 0.245 e. The third kappa shape index (κ3) is 1.98. The highest BCUT2D eigenvalue weighted by atomic mass is 15.4. The van der Waals surface area contributed by atoms with E-state index in [4.69, 9.17) is 0 Å². The number of nitrogens with one attached hydrogen (secondary N) is 1. The number of pyridine rings is 1. The quantitative estimate of drug-likeness (QED) is 0.834. The van der Waals surface area contributed by atoms with Crippen LogP contribution >= 0.6 is 0 Å². The molecule has 3 heterocycles. The van der Waals surface area contributed by atoms with Crippen molar-refractivity contribution in [3.05, 3.63) is 24.4 Å². The molecule has 1 saturated heterocycles. The van der Waals surface area contributed by atoms with E-state index in [0.717, 1.165) is 24.7 Å². The van der Waals surface area contributed by atoms with E-state index in [-0.39, 0.29) is 0 Å². The minimum atomic E-state index is 0.551. The van der Waals surface area contributed by atoms with Crippen molar-refractivity contribution in [3.8, 4) is 0 Å². The Morgan fingerprint density at radius 3 is 3.18 bits per heavy atom. The molecule has 0 saturated carbocycles. The lowest BCUT2D eigenvalue weighted by molar-refractivity contribution is 0.445. The summed E-state index contributed by atoms with van der Waals surface area (Å²) in [7, 11) is 2.02. The zero-order valence-corrected chi connectivity index (χ0v) is 10.0. The number of piperidine rings is 1. The minimum absolute atomic E-state index is 0.551. The number of rotatable bonds is 2. The molecule has 1 aliphatic heterocycles. The monoisotopic (exact) mass is 231 g/mol. The largest absolute Gasteiger partial charge is 0.338 e. The highest BCUT2D eigenvalue weighted by Gasteiger charge is 2.21. The van der Waals surface area contributed by atoms with Crippen LogP contribution in [0.4, 0.5) is 5.95 Å². The maximum atomic E-state index is 4.56. The summed E-state index contributed by atoms with van der Waals surface area (Å²) >= 11 is 0. The fourth-order valence-electron chi connectivity index (χ4n) is 2.35. The van der Waals surface area contributed by atoms with Crippen molar-refractivity contribution in [3.63, 3.8) is 0 Å². The summed E-state index contributed by atoms with van der Waals surface area (Å²) in [5.74, 6) is 0.844. The van der Waals surface area contributed by atoms with Gasteiger partial charge in [0.2, 0.25) is 5.95 Å². The van der Waals surface area contributed by atoms with Crippen LogP contribution in [0.25, 0.3) is 5.65 Å². The van der Waals surface area contributed by atoms with Crippen molar-refractivity contribution in [1.29, 1.82) is 0 Å². The maximum Gasteiger partial charge on any atom is 0.245 e. The van der Waals surface area contributed by atoms with Crippen LogP contribution in [0.1, 0.15) is 12.8 Å². The van der Waals surface area contributed by atoms with Crippen molar-refractivity contribution in [2.24, 2.45) is 0 Å². The first-order chi connectivity index (χ1) is 8.36. The summed E-state index contributed by atoms with van der Waals surface area (Å²) in [4.78, 5) is 6.82. The predicted molar refractivity (Wildman–Crippen MR) is 67.3 cm³/mol. The SMILES string of the molecule is CNC1CCCN(c2nc3ccccn3n2)C1. The summed E-state index contributed by atoms with van der Waals surface area (Å²) in [6.45, 7) is 2.04. The van der Waals surface area contributed by atoms with Crippen LogP contribution in [-0.2, 0) is 0 Å². The molecule has 5 nitrogen and oxygen atoms in total. The molecule has 0 radical (unpaired) electrons. The topological polar surface area (TPSA) is 45.5 Å². The second kappa shape index (κ2) is 4.33. The lowest BCUT2D eigenvalue weighted by Gasteiger charge is -2.31. The van der Waals surface area contributed by atoms with Gasteiger partial charge in [-0.1, -0.05) is 6.07 Å². The molecular formula is C12H17N5. The summed E-state index contributed by atoms with van der Waals surface area (Å²) in [5, 5.41) is 7.84. The molecule has 3 rings (SSSR count). The molecule has 1 unspecified atom stereocenters. The van der Waals surface area contributed by atoms with Crippen molar-refractivity contribution >= 4 is 11.6 Å². The molecule has 0 bridgehead atoms. The zero-order valence-electron chi connectivity index (χ0n) is 10.0. The Balaban J connectivity index is 1.87. The van der Waals surface area contributed by atoms with Crippen LogP contribution < -0.4 is 10.2 Å². The minimum Gasteiger partial charge on any atom is -0.338 e. The van der Waals surface area contributed by atoms with Gasteiger partial charge in [-0.2, -0.15) is 4.98 Å². The van der Waals surface area contributed by atoms with Gasteiger partial charge in [0.15, 0.2) is 5.65 Å². The highest BCUT2D eigenvalue weighted by molar-refractivity contribution is 5.44. The standard InChI is InChI=1S/C12H17N5/c1-13-10-5-4-7-16(9-10)12-14-11-6-2-3-8-17(11)15-12/h2-3,6,8,10,13H,4-5,7,9H2,1H3.